The van der Waals surface area contributed by atoms with Crippen LogP contribution in [0, 0.1) is 0 Å². The molecule has 0 saturated carbocycles. The lowest BCUT2D eigenvalue weighted by Crippen LogP contribution is -2.34. The number of carbonyl (C=O) groups excluding carboxylic acids is 1. The number of amides is 1. The molecule has 124 valence electrons. The largest absolute Gasteiger partial charge is 0.369 e. The van der Waals surface area contributed by atoms with Crippen molar-refractivity contribution in [3.8, 4) is 5.00 Å². The molecule has 2 aromatic heterocycles. The average molecular weight is 364 g/mol. The van der Waals surface area contributed by atoms with Gasteiger partial charge in [0.1, 0.15) is 11.5 Å². The van der Waals surface area contributed by atoms with E-state index in [9.17, 15) is 9.59 Å². The molecular weight excluding hydrogens is 350 g/mol. The van der Waals surface area contributed by atoms with Crippen molar-refractivity contribution in [2.45, 2.75) is 13.0 Å². The van der Waals surface area contributed by atoms with Gasteiger partial charge in [0.25, 0.3) is 0 Å². The lowest BCUT2D eigenvalue weighted by Gasteiger charge is -2.04. The Balaban J connectivity index is 1.54. The Morgan fingerprint density at radius 1 is 1.21 bits per heavy atom. The molecule has 0 spiro atoms. The number of hydrogen-bond acceptors (Lipinski definition) is 5. The topological polar surface area (TPSA) is 81.8 Å². The maximum atomic E-state index is 12.1. The van der Waals surface area contributed by atoms with Gasteiger partial charge < -0.3 is 5.32 Å². The molecule has 1 N–H and O–H groups in total. The van der Waals surface area contributed by atoms with Gasteiger partial charge in [0.15, 0.2) is 0 Å². The molecule has 0 saturated heterocycles. The normalized spacial score (nSPS) is 10.7. The Labute approximate surface area is 146 Å². The van der Waals surface area contributed by atoms with Crippen LogP contribution in [-0.4, -0.2) is 32.2 Å². The molecule has 0 fully saturated rings. The molecule has 0 bridgehead atoms. The van der Waals surface area contributed by atoms with Gasteiger partial charge in [-0.05, 0) is 52.1 Å². The van der Waals surface area contributed by atoms with Crippen LogP contribution < -0.4 is 11.0 Å². The van der Waals surface area contributed by atoms with E-state index >= 15 is 0 Å². The van der Waals surface area contributed by atoms with Crippen LogP contribution in [0.15, 0.2) is 46.6 Å². The highest BCUT2D eigenvalue weighted by molar-refractivity contribution is 7.12. The Kier molecular flexibility index (Phi) is 5.07. The van der Waals surface area contributed by atoms with E-state index in [4.69, 9.17) is 11.6 Å². The van der Waals surface area contributed by atoms with E-state index in [1.54, 1.807) is 18.2 Å². The zero-order valence-electron chi connectivity index (χ0n) is 12.6. The van der Waals surface area contributed by atoms with Gasteiger partial charge in [0.05, 0.1) is 0 Å². The zero-order valence-corrected chi connectivity index (χ0v) is 14.1. The summed E-state index contributed by atoms with van der Waals surface area (Å²) in [7, 11) is 0. The van der Waals surface area contributed by atoms with E-state index in [0.717, 1.165) is 10.2 Å². The summed E-state index contributed by atoms with van der Waals surface area (Å²) in [5.41, 5.74) is 0.630. The van der Waals surface area contributed by atoms with Gasteiger partial charge in [-0.25, -0.2) is 4.79 Å². The van der Waals surface area contributed by atoms with Crippen molar-refractivity contribution in [1.29, 1.82) is 0 Å². The summed E-state index contributed by atoms with van der Waals surface area (Å²) in [5, 5.41) is 13.5. The van der Waals surface area contributed by atoms with Crippen LogP contribution in [0.1, 0.15) is 5.56 Å². The Morgan fingerprint density at radius 2 is 2.00 bits per heavy atom. The maximum absolute atomic E-state index is 12.1. The minimum atomic E-state index is -0.440. The molecule has 1 aromatic carbocycles. The lowest BCUT2D eigenvalue weighted by atomic mass is 10.1. The number of carbonyl (C=O) groups is 1. The molecule has 7 nitrogen and oxygen atoms in total. The summed E-state index contributed by atoms with van der Waals surface area (Å²) in [6, 6.07) is 11.0. The molecule has 0 radical (unpaired) electrons. The lowest BCUT2D eigenvalue weighted by molar-refractivity contribution is -0.121. The van der Waals surface area contributed by atoms with Crippen molar-refractivity contribution >= 4 is 28.8 Å². The first-order valence-corrected chi connectivity index (χ1v) is 8.47. The van der Waals surface area contributed by atoms with Gasteiger partial charge >= 0.3 is 5.69 Å². The molecule has 3 aromatic rings. The third-order valence-electron chi connectivity index (χ3n) is 3.30. The summed E-state index contributed by atoms with van der Waals surface area (Å²) in [4.78, 5) is 24.1. The monoisotopic (exact) mass is 363 g/mol. The van der Waals surface area contributed by atoms with E-state index < -0.39 is 5.69 Å². The van der Waals surface area contributed by atoms with Gasteiger partial charge in [-0.1, -0.05) is 23.7 Å². The third kappa shape index (κ3) is 3.90. The van der Waals surface area contributed by atoms with Crippen LogP contribution in [0.3, 0.4) is 0 Å². The van der Waals surface area contributed by atoms with Crippen LogP contribution >= 0.6 is 22.9 Å². The maximum Gasteiger partial charge on any atom is 0.369 e. The summed E-state index contributed by atoms with van der Waals surface area (Å²) < 4.78 is 2.21. The second-order valence-corrected chi connectivity index (χ2v) is 6.37. The van der Waals surface area contributed by atoms with Crippen LogP contribution in [-0.2, 0) is 17.8 Å². The Morgan fingerprint density at radius 3 is 2.71 bits per heavy atom. The number of hydrogen-bond donors (Lipinski definition) is 1. The number of tetrazole rings is 1. The third-order valence-corrected chi connectivity index (χ3v) is 4.39. The molecule has 1 amide bonds. The Hall–Kier alpha value is -2.45. The molecule has 3 rings (SSSR count). The molecule has 0 atom stereocenters. The number of halogens is 1. The van der Waals surface area contributed by atoms with Gasteiger partial charge in [-0.2, -0.15) is 9.36 Å². The molecular formula is C15H14ClN5O2S. The SMILES string of the molecule is O=C(Cn1nnn(-c2cccs2)c1=O)NCCc1ccc(Cl)cc1. The molecule has 0 aliphatic carbocycles. The molecule has 24 heavy (non-hydrogen) atoms. The van der Waals surface area contributed by atoms with Gasteiger partial charge in [0.2, 0.25) is 5.91 Å². The summed E-state index contributed by atoms with van der Waals surface area (Å²) in [6.45, 7) is 0.305. The van der Waals surface area contributed by atoms with Crippen LogP contribution in [0.2, 0.25) is 5.02 Å². The number of rotatable bonds is 6. The quantitative estimate of drug-likeness (QED) is 0.719. The second-order valence-electron chi connectivity index (χ2n) is 5.01. The molecule has 9 heteroatoms. The average Bonchev–Trinajstić information content (AvgIpc) is 3.20. The van der Waals surface area contributed by atoms with Gasteiger partial charge in [0, 0.05) is 11.6 Å². The number of aromatic nitrogens is 4. The number of benzene rings is 1. The molecule has 0 aliphatic heterocycles. The highest BCUT2D eigenvalue weighted by atomic mass is 35.5. The van der Waals surface area contributed by atoms with Crippen molar-refractivity contribution in [3.63, 3.8) is 0 Å². The van der Waals surface area contributed by atoms with Crippen molar-refractivity contribution in [3.05, 3.63) is 62.8 Å². The van der Waals surface area contributed by atoms with E-state index in [0.29, 0.717) is 23.0 Å². The smallest absolute Gasteiger partial charge is 0.354 e. The number of nitrogens with one attached hydrogen (secondary N) is 1. The fraction of sp³-hybridized carbons (Fsp3) is 0.200. The first kappa shape index (κ1) is 16.4. The highest BCUT2D eigenvalue weighted by Crippen LogP contribution is 2.10. The van der Waals surface area contributed by atoms with Crippen molar-refractivity contribution in [2.24, 2.45) is 0 Å². The summed E-state index contributed by atoms with van der Waals surface area (Å²) >= 11 is 7.20. The first-order valence-electron chi connectivity index (χ1n) is 7.21. The van der Waals surface area contributed by atoms with E-state index in [1.807, 2.05) is 23.6 Å². The summed E-state index contributed by atoms with van der Waals surface area (Å²) in [6.07, 6.45) is 0.680. The Bertz CT molecular complexity index is 870. The van der Waals surface area contributed by atoms with Crippen LogP contribution in [0.25, 0.3) is 5.00 Å². The van der Waals surface area contributed by atoms with Gasteiger partial charge in [-0.15, -0.1) is 11.3 Å². The standard InChI is InChI=1S/C15H14ClN5O2S/c16-12-5-3-11(4-6-12)7-8-17-13(22)10-20-15(23)21(19-18-20)14-2-1-9-24-14/h1-6,9H,7-8,10H2,(H,17,22). The predicted molar refractivity (Wildman–Crippen MR) is 91.7 cm³/mol. The summed E-state index contributed by atoms with van der Waals surface area (Å²) in [5.74, 6) is -0.288. The minimum absolute atomic E-state index is 0.162. The number of thiophene rings is 1. The number of nitrogens with zero attached hydrogens (tertiary/aromatic N) is 4. The minimum Gasteiger partial charge on any atom is -0.354 e. The second kappa shape index (κ2) is 7.41. The zero-order chi connectivity index (χ0) is 16.9. The van der Waals surface area contributed by atoms with Crippen molar-refractivity contribution < 1.29 is 4.79 Å². The predicted octanol–water partition coefficient (Wildman–Crippen LogP) is 1.50. The molecule has 0 unspecified atom stereocenters. The van der Waals surface area contributed by atoms with E-state index in [2.05, 4.69) is 15.7 Å². The van der Waals surface area contributed by atoms with Crippen LogP contribution in [0.4, 0.5) is 0 Å². The van der Waals surface area contributed by atoms with E-state index in [1.165, 1.54) is 16.0 Å². The molecule has 2 heterocycles. The van der Waals surface area contributed by atoms with E-state index in [-0.39, 0.29) is 12.5 Å². The van der Waals surface area contributed by atoms with Crippen molar-refractivity contribution in [1.82, 2.24) is 25.1 Å². The van der Waals surface area contributed by atoms with Crippen LogP contribution in [0.5, 0.6) is 0 Å². The van der Waals surface area contributed by atoms with Crippen molar-refractivity contribution in [2.75, 3.05) is 6.54 Å². The highest BCUT2D eigenvalue weighted by Gasteiger charge is 2.12. The van der Waals surface area contributed by atoms with Gasteiger partial charge in [-0.3, -0.25) is 4.79 Å². The first-order chi connectivity index (χ1) is 11.6. The molecule has 0 aliphatic rings. The fourth-order valence-corrected chi connectivity index (χ4v) is 2.89. The fourth-order valence-electron chi connectivity index (χ4n) is 2.09.